The summed E-state index contributed by atoms with van der Waals surface area (Å²) in [6, 6.07) is 3.24. The van der Waals surface area contributed by atoms with E-state index < -0.39 is 0 Å². The highest BCUT2D eigenvalue weighted by atomic mass is 16.5. The lowest BCUT2D eigenvalue weighted by atomic mass is 10.2. The molecule has 1 aliphatic heterocycles. The summed E-state index contributed by atoms with van der Waals surface area (Å²) in [6.45, 7) is 5.42. The van der Waals surface area contributed by atoms with Crippen LogP contribution >= 0.6 is 0 Å². The van der Waals surface area contributed by atoms with Gasteiger partial charge in [-0.05, 0) is 26.0 Å². The zero-order chi connectivity index (χ0) is 14.5. The number of carbonyl (C=O) groups is 2. The normalized spacial score (nSPS) is 22.6. The third-order valence-electron chi connectivity index (χ3n) is 3.14. The molecule has 0 bridgehead atoms. The summed E-state index contributed by atoms with van der Waals surface area (Å²) in [4.78, 5) is 25.5. The summed E-state index contributed by atoms with van der Waals surface area (Å²) in [5.74, 6) is -0.00988. The molecule has 1 fully saturated rings. The van der Waals surface area contributed by atoms with E-state index in [1.165, 1.54) is 6.26 Å². The molecule has 1 aromatic heterocycles. The summed E-state index contributed by atoms with van der Waals surface area (Å²) in [5.41, 5.74) is 0. The Kier molecular flexibility index (Phi) is 4.79. The maximum Gasteiger partial charge on any atom is 0.286 e. The average Bonchev–Trinajstić information content (AvgIpc) is 2.91. The zero-order valence-electron chi connectivity index (χ0n) is 11.8. The summed E-state index contributed by atoms with van der Waals surface area (Å²) < 4.78 is 10.6. The largest absolute Gasteiger partial charge is 0.459 e. The van der Waals surface area contributed by atoms with Crippen molar-refractivity contribution in [2.24, 2.45) is 0 Å². The second-order valence-electron chi connectivity index (χ2n) is 5.04. The van der Waals surface area contributed by atoms with Crippen molar-refractivity contribution in [1.29, 1.82) is 0 Å². The number of ether oxygens (including phenoxy) is 1. The predicted molar refractivity (Wildman–Crippen MR) is 72.2 cm³/mol. The molecule has 20 heavy (non-hydrogen) atoms. The summed E-state index contributed by atoms with van der Waals surface area (Å²) in [7, 11) is 0. The van der Waals surface area contributed by atoms with Crippen LogP contribution in [0, 0.1) is 0 Å². The van der Waals surface area contributed by atoms with Gasteiger partial charge in [0.25, 0.3) is 5.91 Å². The van der Waals surface area contributed by atoms with Gasteiger partial charge in [-0.15, -0.1) is 0 Å². The smallest absolute Gasteiger partial charge is 0.286 e. The number of rotatable bonds is 4. The van der Waals surface area contributed by atoms with Gasteiger partial charge in [-0.25, -0.2) is 0 Å². The first kappa shape index (κ1) is 14.6. The van der Waals surface area contributed by atoms with Crippen LogP contribution in [0.25, 0.3) is 0 Å². The summed E-state index contributed by atoms with van der Waals surface area (Å²) in [6.07, 6.45) is 1.84. The second-order valence-corrected chi connectivity index (χ2v) is 5.04. The minimum Gasteiger partial charge on any atom is -0.459 e. The van der Waals surface area contributed by atoms with E-state index >= 15 is 0 Å². The molecule has 2 amide bonds. The van der Waals surface area contributed by atoms with E-state index in [2.05, 4.69) is 5.32 Å². The first-order chi connectivity index (χ1) is 9.56. The van der Waals surface area contributed by atoms with Crippen LogP contribution in [-0.4, -0.2) is 48.6 Å². The van der Waals surface area contributed by atoms with Gasteiger partial charge in [0, 0.05) is 26.1 Å². The number of amides is 2. The highest BCUT2D eigenvalue weighted by molar-refractivity contribution is 5.91. The molecule has 6 heteroatoms. The first-order valence-electron chi connectivity index (χ1n) is 6.81. The molecular formula is C14H20N2O4. The van der Waals surface area contributed by atoms with Crippen molar-refractivity contribution < 1.29 is 18.7 Å². The SMILES string of the molecule is C[C@@H]1CN(C(=O)CCNC(=O)c2ccco2)C[C@@H](C)O1. The third-order valence-corrected chi connectivity index (χ3v) is 3.14. The molecule has 1 N–H and O–H groups in total. The first-order valence-corrected chi connectivity index (χ1v) is 6.81. The van der Waals surface area contributed by atoms with Crippen LogP contribution in [0.5, 0.6) is 0 Å². The van der Waals surface area contributed by atoms with Crippen LogP contribution in [0.3, 0.4) is 0 Å². The van der Waals surface area contributed by atoms with Gasteiger partial charge in [0.15, 0.2) is 5.76 Å². The predicted octanol–water partition coefficient (Wildman–Crippen LogP) is 1.04. The molecule has 110 valence electrons. The molecule has 1 aromatic rings. The van der Waals surface area contributed by atoms with Gasteiger partial charge in [0.05, 0.1) is 18.5 Å². The maximum atomic E-state index is 12.1. The minimum atomic E-state index is -0.300. The molecule has 1 saturated heterocycles. The average molecular weight is 280 g/mol. The Bertz CT molecular complexity index is 448. The van der Waals surface area contributed by atoms with Crippen LogP contribution in [0.1, 0.15) is 30.8 Å². The number of nitrogens with one attached hydrogen (secondary N) is 1. The highest BCUT2D eigenvalue weighted by Crippen LogP contribution is 2.11. The van der Waals surface area contributed by atoms with Crippen LogP contribution in [0.4, 0.5) is 0 Å². The van der Waals surface area contributed by atoms with Crippen molar-refractivity contribution in [2.45, 2.75) is 32.5 Å². The molecule has 2 rings (SSSR count). The van der Waals surface area contributed by atoms with E-state index in [1.807, 2.05) is 13.8 Å². The van der Waals surface area contributed by atoms with Gasteiger partial charge < -0.3 is 19.4 Å². The second kappa shape index (κ2) is 6.56. The Morgan fingerprint density at radius 1 is 1.35 bits per heavy atom. The van der Waals surface area contributed by atoms with E-state index in [0.717, 1.165) is 0 Å². The zero-order valence-corrected chi connectivity index (χ0v) is 11.8. The fourth-order valence-corrected chi connectivity index (χ4v) is 2.32. The van der Waals surface area contributed by atoms with Gasteiger partial charge in [0.2, 0.25) is 5.91 Å². The van der Waals surface area contributed by atoms with Crippen molar-refractivity contribution in [3.05, 3.63) is 24.2 Å². The molecule has 2 atom stereocenters. The van der Waals surface area contributed by atoms with Crippen molar-refractivity contribution in [2.75, 3.05) is 19.6 Å². The lowest BCUT2D eigenvalue weighted by Crippen LogP contribution is -2.48. The monoisotopic (exact) mass is 280 g/mol. The molecule has 0 saturated carbocycles. The number of furan rings is 1. The van der Waals surface area contributed by atoms with Gasteiger partial charge in [-0.2, -0.15) is 0 Å². The Hall–Kier alpha value is -1.82. The van der Waals surface area contributed by atoms with Gasteiger partial charge in [-0.3, -0.25) is 9.59 Å². The van der Waals surface area contributed by atoms with E-state index in [9.17, 15) is 9.59 Å². The van der Waals surface area contributed by atoms with E-state index in [-0.39, 0.29) is 36.2 Å². The van der Waals surface area contributed by atoms with Crippen LogP contribution in [0.2, 0.25) is 0 Å². The van der Waals surface area contributed by atoms with Crippen LogP contribution in [-0.2, 0) is 9.53 Å². The van der Waals surface area contributed by atoms with Crippen molar-refractivity contribution >= 4 is 11.8 Å². The molecule has 0 radical (unpaired) electrons. The molecule has 0 unspecified atom stereocenters. The van der Waals surface area contributed by atoms with Crippen molar-refractivity contribution in [1.82, 2.24) is 10.2 Å². The number of nitrogens with zero attached hydrogens (tertiary/aromatic N) is 1. The molecule has 6 nitrogen and oxygen atoms in total. The summed E-state index contributed by atoms with van der Waals surface area (Å²) in [5, 5.41) is 2.67. The number of hydrogen-bond donors (Lipinski definition) is 1. The topological polar surface area (TPSA) is 71.8 Å². The Balaban J connectivity index is 1.73. The van der Waals surface area contributed by atoms with Gasteiger partial charge >= 0.3 is 0 Å². The van der Waals surface area contributed by atoms with Crippen molar-refractivity contribution in [3.8, 4) is 0 Å². The maximum absolute atomic E-state index is 12.1. The van der Waals surface area contributed by atoms with E-state index in [1.54, 1.807) is 17.0 Å². The van der Waals surface area contributed by atoms with E-state index in [4.69, 9.17) is 9.15 Å². The molecule has 1 aliphatic rings. The van der Waals surface area contributed by atoms with Crippen molar-refractivity contribution in [3.63, 3.8) is 0 Å². The molecule has 2 heterocycles. The lowest BCUT2D eigenvalue weighted by Gasteiger charge is -2.35. The minimum absolute atomic E-state index is 0.0340. The molecule has 0 aromatic carbocycles. The van der Waals surface area contributed by atoms with Crippen LogP contribution < -0.4 is 5.32 Å². The number of morpholine rings is 1. The highest BCUT2D eigenvalue weighted by Gasteiger charge is 2.25. The number of carbonyl (C=O) groups excluding carboxylic acids is 2. The Morgan fingerprint density at radius 3 is 2.65 bits per heavy atom. The Labute approximate surface area is 118 Å². The quantitative estimate of drug-likeness (QED) is 0.894. The Morgan fingerprint density at radius 2 is 2.05 bits per heavy atom. The standard InChI is InChI=1S/C14H20N2O4/c1-10-8-16(9-11(2)20-10)13(17)5-6-15-14(18)12-4-3-7-19-12/h3-4,7,10-11H,5-6,8-9H2,1-2H3,(H,15,18)/t10-,11-/m1/s1. The molecule has 0 aliphatic carbocycles. The lowest BCUT2D eigenvalue weighted by molar-refractivity contribution is -0.143. The van der Waals surface area contributed by atoms with Gasteiger partial charge in [-0.1, -0.05) is 0 Å². The molecule has 0 spiro atoms. The van der Waals surface area contributed by atoms with Gasteiger partial charge in [0.1, 0.15) is 0 Å². The fourth-order valence-electron chi connectivity index (χ4n) is 2.32. The molecular weight excluding hydrogens is 260 g/mol. The third kappa shape index (κ3) is 3.84. The van der Waals surface area contributed by atoms with E-state index in [0.29, 0.717) is 19.6 Å². The summed E-state index contributed by atoms with van der Waals surface area (Å²) >= 11 is 0. The number of hydrogen-bond acceptors (Lipinski definition) is 4. The fraction of sp³-hybridized carbons (Fsp3) is 0.571. The van der Waals surface area contributed by atoms with Crippen LogP contribution in [0.15, 0.2) is 22.8 Å².